The second kappa shape index (κ2) is 3.21. The minimum atomic E-state index is -4.31. The van der Waals surface area contributed by atoms with Gasteiger partial charge in [0.25, 0.3) is 0 Å². The van der Waals surface area contributed by atoms with Gasteiger partial charge in [0, 0.05) is 6.04 Å². The minimum Gasteiger partial charge on any atom is -0.328 e. The van der Waals surface area contributed by atoms with Crippen molar-refractivity contribution in [2.75, 3.05) is 0 Å². The van der Waals surface area contributed by atoms with Crippen LogP contribution < -0.4 is 11.5 Å². The van der Waals surface area contributed by atoms with E-state index in [4.69, 9.17) is 11.5 Å². The summed E-state index contributed by atoms with van der Waals surface area (Å²) in [4.78, 5) is 0. The average molecular weight is 156 g/mol. The molecule has 0 radical (unpaired) electrons. The SMILES string of the molecule is CC(N)CC(N)C(F)(F)F. The van der Waals surface area contributed by atoms with Gasteiger partial charge in [-0.15, -0.1) is 0 Å². The van der Waals surface area contributed by atoms with Gasteiger partial charge >= 0.3 is 6.18 Å². The molecule has 10 heavy (non-hydrogen) atoms. The van der Waals surface area contributed by atoms with Gasteiger partial charge in [0.2, 0.25) is 0 Å². The van der Waals surface area contributed by atoms with Crippen LogP contribution in [0.25, 0.3) is 0 Å². The van der Waals surface area contributed by atoms with E-state index in [9.17, 15) is 13.2 Å². The molecular weight excluding hydrogens is 145 g/mol. The summed E-state index contributed by atoms with van der Waals surface area (Å²) in [5.74, 6) is 0. The van der Waals surface area contributed by atoms with Gasteiger partial charge in [0.15, 0.2) is 0 Å². The van der Waals surface area contributed by atoms with Crippen LogP contribution in [0.5, 0.6) is 0 Å². The maximum Gasteiger partial charge on any atom is 0.403 e. The fraction of sp³-hybridized carbons (Fsp3) is 1.00. The van der Waals surface area contributed by atoms with Crippen LogP contribution in [0.2, 0.25) is 0 Å². The van der Waals surface area contributed by atoms with E-state index in [0.29, 0.717) is 0 Å². The smallest absolute Gasteiger partial charge is 0.328 e. The van der Waals surface area contributed by atoms with E-state index in [1.165, 1.54) is 6.92 Å². The maximum absolute atomic E-state index is 11.6. The molecule has 0 fully saturated rings. The Morgan fingerprint density at radius 3 is 1.80 bits per heavy atom. The first-order valence-corrected chi connectivity index (χ1v) is 2.92. The lowest BCUT2D eigenvalue weighted by molar-refractivity contribution is -0.149. The minimum absolute atomic E-state index is 0.219. The number of halogens is 3. The molecule has 0 bridgehead atoms. The lowest BCUT2D eigenvalue weighted by atomic mass is 10.1. The van der Waals surface area contributed by atoms with Crippen molar-refractivity contribution in [3.8, 4) is 0 Å². The summed E-state index contributed by atoms with van der Waals surface area (Å²) in [5.41, 5.74) is 9.86. The van der Waals surface area contributed by atoms with Crippen molar-refractivity contribution in [3.05, 3.63) is 0 Å². The molecule has 0 spiro atoms. The molecule has 2 nitrogen and oxygen atoms in total. The van der Waals surface area contributed by atoms with Gasteiger partial charge in [-0.05, 0) is 13.3 Å². The third-order valence-corrected chi connectivity index (χ3v) is 1.05. The Kier molecular flexibility index (Phi) is 3.11. The Morgan fingerprint density at radius 2 is 1.70 bits per heavy atom. The molecule has 0 aromatic carbocycles. The normalized spacial score (nSPS) is 18.6. The summed E-state index contributed by atoms with van der Waals surface area (Å²) in [7, 11) is 0. The van der Waals surface area contributed by atoms with Gasteiger partial charge in [0.05, 0.1) is 0 Å². The van der Waals surface area contributed by atoms with E-state index < -0.39 is 18.3 Å². The molecule has 0 aromatic heterocycles. The summed E-state index contributed by atoms with van der Waals surface area (Å²) in [6.45, 7) is 1.49. The van der Waals surface area contributed by atoms with Crippen molar-refractivity contribution < 1.29 is 13.2 Å². The van der Waals surface area contributed by atoms with E-state index >= 15 is 0 Å². The highest BCUT2D eigenvalue weighted by Gasteiger charge is 2.36. The number of nitrogens with two attached hydrogens (primary N) is 2. The van der Waals surface area contributed by atoms with Crippen molar-refractivity contribution >= 4 is 0 Å². The fourth-order valence-electron chi connectivity index (χ4n) is 0.534. The van der Waals surface area contributed by atoms with Gasteiger partial charge < -0.3 is 11.5 Å². The van der Waals surface area contributed by atoms with Crippen molar-refractivity contribution in [1.29, 1.82) is 0 Å². The summed E-state index contributed by atoms with van der Waals surface area (Å²) in [5, 5.41) is 0. The van der Waals surface area contributed by atoms with Crippen LogP contribution in [0, 0.1) is 0 Å². The molecule has 0 amide bonds. The third-order valence-electron chi connectivity index (χ3n) is 1.05. The van der Waals surface area contributed by atoms with Crippen molar-refractivity contribution in [2.24, 2.45) is 11.5 Å². The zero-order valence-electron chi connectivity index (χ0n) is 5.65. The van der Waals surface area contributed by atoms with Crippen LogP contribution in [0.1, 0.15) is 13.3 Å². The zero-order valence-corrected chi connectivity index (χ0v) is 5.65. The van der Waals surface area contributed by atoms with Gasteiger partial charge in [-0.25, -0.2) is 0 Å². The number of alkyl halides is 3. The van der Waals surface area contributed by atoms with Crippen LogP contribution >= 0.6 is 0 Å². The first-order valence-electron chi connectivity index (χ1n) is 2.92. The molecule has 5 heteroatoms. The van der Waals surface area contributed by atoms with Gasteiger partial charge in [0.1, 0.15) is 6.04 Å². The third kappa shape index (κ3) is 3.68. The largest absolute Gasteiger partial charge is 0.403 e. The monoisotopic (exact) mass is 156 g/mol. The molecule has 2 unspecified atom stereocenters. The van der Waals surface area contributed by atoms with E-state index in [2.05, 4.69) is 0 Å². The Morgan fingerprint density at radius 1 is 1.30 bits per heavy atom. The Bertz CT molecular complexity index is 99.6. The van der Waals surface area contributed by atoms with Crippen LogP contribution in [0.15, 0.2) is 0 Å². The molecule has 0 saturated carbocycles. The number of rotatable bonds is 2. The molecule has 62 valence electrons. The summed E-state index contributed by atoms with van der Waals surface area (Å²) >= 11 is 0. The molecule has 0 aliphatic carbocycles. The summed E-state index contributed by atoms with van der Waals surface area (Å²) in [6.07, 6.45) is -4.53. The first-order chi connectivity index (χ1) is 4.34. The topological polar surface area (TPSA) is 52.0 Å². The predicted octanol–water partition coefficient (Wildman–Crippen LogP) is 0.613. The summed E-state index contributed by atoms with van der Waals surface area (Å²) < 4.78 is 34.9. The molecular formula is C5H11F3N2. The standard InChI is InChI=1S/C5H11F3N2/c1-3(9)2-4(10)5(6,7)8/h3-4H,2,9-10H2,1H3. The predicted molar refractivity (Wildman–Crippen MR) is 32.3 cm³/mol. The van der Waals surface area contributed by atoms with Crippen molar-refractivity contribution in [1.82, 2.24) is 0 Å². The quantitative estimate of drug-likeness (QED) is 0.615. The second-order valence-corrected chi connectivity index (χ2v) is 2.36. The van der Waals surface area contributed by atoms with E-state index in [1.807, 2.05) is 0 Å². The lowest BCUT2D eigenvalue weighted by Gasteiger charge is -2.16. The van der Waals surface area contributed by atoms with Crippen molar-refractivity contribution in [2.45, 2.75) is 31.6 Å². The highest BCUT2D eigenvalue weighted by Crippen LogP contribution is 2.20. The maximum atomic E-state index is 11.6. The fourth-order valence-corrected chi connectivity index (χ4v) is 0.534. The molecule has 4 N–H and O–H groups in total. The zero-order chi connectivity index (χ0) is 8.36. The molecule has 0 aromatic rings. The molecule has 0 saturated heterocycles. The average Bonchev–Trinajstić information content (AvgIpc) is 1.60. The Labute approximate surface area is 57.4 Å². The number of hydrogen-bond donors (Lipinski definition) is 2. The van der Waals surface area contributed by atoms with Gasteiger partial charge in [-0.1, -0.05) is 0 Å². The highest BCUT2D eigenvalue weighted by molar-refractivity contribution is 4.73. The highest BCUT2D eigenvalue weighted by atomic mass is 19.4. The van der Waals surface area contributed by atoms with Crippen LogP contribution in [0.3, 0.4) is 0 Å². The molecule has 0 rings (SSSR count). The molecule has 0 heterocycles. The summed E-state index contributed by atoms with van der Waals surface area (Å²) in [6, 6.07) is -2.29. The van der Waals surface area contributed by atoms with E-state index in [0.717, 1.165) is 0 Å². The van der Waals surface area contributed by atoms with Crippen LogP contribution in [0.4, 0.5) is 13.2 Å². The van der Waals surface area contributed by atoms with Crippen molar-refractivity contribution in [3.63, 3.8) is 0 Å². The molecule has 2 atom stereocenters. The number of hydrogen-bond acceptors (Lipinski definition) is 2. The Balaban J connectivity index is 3.73. The molecule has 0 aliphatic rings. The van der Waals surface area contributed by atoms with Crippen LogP contribution in [-0.4, -0.2) is 18.3 Å². The second-order valence-electron chi connectivity index (χ2n) is 2.36. The van der Waals surface area contributed by atoms with E-state index in [-0.39, 0.29) is 6.42 Å². The van der Waals surface area contributed by atoms with Gasteiger partial charge in [-0.3, -0.25) is 0 Å². The Hall–Kier alpha value is -0.290. The van der Waals surface area contributed by atoms with Gasteiger partial charge in [-0.2, -0.15) is 13.2 Å². The lowest BCUT2D eigenvalue weighted by Crippen LogP contribution is -2.41. The molecule has 0 aliphatic heterocycles. The van der Waals surface area contributed by atoms with Crippen LogP contribution in [-0.2, 0) is 0 Å². The van der Waals surface area contributed by atoms with E-state index in [1.54, 1.807) is 0 Å². The first kappa shape index (κ1) is 9.71.